The molecule has 0 fully saturated rings. The van der Waals surface area contributed by atoms with Crippen molar-refractivity contribution in [2.24, 2.45) is 0 Å². The van der Waals surface area contributed by atoms with E-state index in [2.05, 4.69) is 53.5 Å². The molecule has 10 heteroatoms. The molecule has 1 heterocycles. The molecule has 4 aromatic carbocycles. The van der Waals surface area contributed by atoms with E-state index in [1.165, 1.54) is 22.3 Å². The fraction of sp³-hybridized carbons (Fsp3) is 0.304. The summed E-state index contributed by atoms with van der Waals surface area (Å²) in [6, 6.07) is 22.3. The number of hydrogen-bond donors (Lipinski definition) is 0. The lowest BCUT2D eigenvalue weighted by Crippen LogP contribution is -2.29. The first-order valence-electron chi connectivity index (χ1n) is 18.5. The van der Waals surface area contributed by atoms with Gasteiger partial charge in [0, 0.05) is 57.9 Å². The standard InChI is InChI=1S/C46H49NO9/c1-48-35-24-41(54-7)38(51-4)21-29(35)19-27-15-17-32-44(34-23-40(53-6)43(56-9)26-37(34)50-3)33-18-16-28(46(33)47(45(27)32)31-13-11-10-12-14-31)20-30-22-39(52-5)42(55-8)25-36(30)49-2/h10-14,19-26,44H,15-18H2,1-9H3/b27-19+,28-20+. The highest BCUT2D eigenvalue weighted by molar-refractivity contribution is 5.82. The van der Waals surface area contributed by atoms with Crippen LogP contribution in [0.2, 0.25) is 0 Å². The topological polar surface area (TPSA) is 86.3 Å². The minimum atomic E-state index is -0.105. The van der Waals surface area contributed by atoms with E-state index < -0.39 is 0 Å². The van der Waals surface area contributed by atoms with Gasteiger partial charge >= 0.3 is 0 Å². The van der Waals surface area contributed by atoms with Crippen LogP contribution in [0, 0.1) is 0 Å². The summed E-state index contributed by atoms with van der Waals surface area (Å²) in [6.45, 7) is 0. The molecule has 0 saturated carbocycles. The molecule has 0 atom stereocenters. The molecule has 10 nitrogen and oxygen atoms in total. The average molecular weight is 760 g/mol. The van der Waals surface area contributed by atoms with E-state index in [4.69, 9.17) is 42.6 Å². The van der Waals surface area contributed by atoms with Crippen LogP contribution in [0.3, 0.4) is 0 Å². The van der Waals surface area contributed by atoms with E-state index in [0.717, 1.165) is 65.2 Å². The van der Waals surface area contributed by atoms with Crippen molar-refractivity contribution in [3.63, 3.8) is 0 Å². The molecule has 56 heavy (non-hydrogen) atoms. The van der Waals surface area contributed by atoms with Gasteiger partial charge in [0.05, 0.1) is 64.0 Å². The Labute approximate surface area is 329 Å². The van der Waals surface area contributed by atoms with E-state index in [-0.39, 0.29) is 5.92 Å². The van der Waals surface area contributed by atoms with Crippen LogP contribution in [0.1, 0.15) is 48.3 Å². The third-order valence-corrected chi connectivity index (χ3v) is 10.9. The predicted molar refractivity (Wildman–Crippen MR) is 218 cm³/mol. The molecule has 4 aromatic rings. The smallest absolute Gasteiger partial charge is 0.164 e. The maximum Gasteiger partial charge on any atom is 0.164 e. The van der Waals surface area contributed by atoms with E-state index in [9.17, 15) is 0 Å². The fourth-order valence-corrected chi connectivity index (χ4v) is 8.36. The number of benzene rings is 4. The third-order valence-electron chi connectivity index (χ3n) is 10.9. The van der Waals surface area contributed by atoms with Crippen molar-refractivity contribution >= 4 is 17.8 Å². The molecular weight excluding hydrogens is 711 g/mol. The van der Waals surface area contributed by atoms with Gasteiger partial charge in [0.1, 0.15) is 17.2 Å². The Morgan fingerprint density at radius 2 is 0.804 bits per heavy atom. The molecule has 0 radical (unpaired) electrons. The van der Waals surface area contributed by atoms with E-state index in [1.807, 2.05) is 30.3 Å². The summed E-state index contributed by atoms with van der Waals surface area (Å²) in [5.41, 5.74) is 11.1. The van der Waals surface area contributed by atoms with Crippen LogP contribution in [0.5, 0.6) is 51.7 Å². The second-order valence-electron chi connectivity index (χ2n) is 13.5. The molecule has 7 rings (SSSR count). The summed E-state index contributed by atoms with van der Waals surface area (Å²) in [5, 5.41) is 0. The van der Waals surface area contributed by atoms with Gasteiger partial charge < -0.3 is 47.5 Å². The zero-order chi connectivity index (χ0) is 39.5. The largest absolute Gasteiger partial charge is 0.496 e. The quantitative estimate of drug-likeness (QED) is 0.131. The van der Waals surface area contributed by atoms with E-state index in [1.54, 1.807) is 64.0 Å². The molecule has 0 amide bonds. The number of ether oxygens (including phenoxy) is 9. The van der Waals surface area contributed by atoms with Crippen LogP contribution in [0.25, 0.3) is 12.2 Å². The van der Waals surface area contributed by atoms with Crippen LogP contribution in [0.15, 0.2) is 100 Å². The molecule has 292 valence electrons. The molecule has 0 aromatic heterocycles. The zero-order valence-corrected chi connectivity index (χ0v) is 33.5. The molecule has 0 unspecified atom stereocenters. The van der Waals surface area contributed by atoms with Gasteiger partial charge in [-0.3, -0.25) is 0 Å². The van der Waals surface area contributed by atoms with E-state index in [0.29, 0.717) is 46.0 Å². The van der Waals surface area contributed by atoms with Crippen molar-refractivity contribution < 1.29 is 42.6 Å². The molecule has 1 aliphatic heterocycles. The summed E-state index contributed by atoms with van der Waals surface area (Å²) in [7, 11) is 14.9. The summed E-state index contributed by atoms with van der Waals surface area (Å²) in [5.74, 6) is 5.70. The SMILES string of the molecule is COc1cc(OC)c(OC)cc1/C=C1\CCC2=C1N(c1ccccc1)C1=C(CC/C1=C\c1cc(OC)c(OC)cc1OC)C2c1cc(OC)c(OC)cc1OC. The molecule has 3 aliphatic rings. The van der Waals surface area contributed by atoms with Crippen LogP contribution >= 0.6 is 0 Å². The lowest BCUT2D eigenvalue weighted by molar-refractivity contribution is 0.347. The van der Waals surface area contributed by atoms with Crippen LogP contribution in [-0.2, 0) is 0 Å². The van der Waals surface area contributed by atoms with Crippen LogP contribution in [0.4, 0.5) is 5.69 Å². The molecule has 0 bridgehead atoms. The Kier molecular flexibility index (Phi) is 11.1. The van der Waals surface area contributed by atoms with Crippen molar-refractivity contribution in [3.8, 4) is 51.7 Å². The third kappa shape index (κ3) is 6.63. The number of nitrogens with zero attached hydrogens (tertiary/aromatic N) is 1. The summed E-state index contributed by atoms with van der Waals surface area (Å²) >= 11 is 0. The second kappa shape index (κ2) is 16.3. The molecule has 0 saturated heterocycles. The minimum Gasteiger partial charge on any atom is -0.496 e. The van der Waals surface area contributed by atoms with Crippen LogP contribution in [-0.4, -0.2) is 64.0 Å². The Morgan fingerprint density at radius 1 is 0.429 bits per heavy atom. The molecule has 0 spiro atoms. The molecule has 2 aliphatic carbocycles. The van der Waals surface area contributed by atoms with Crippen molar-refractivity contribution in [1.82, 2.24) is 0 Å². The van der Waals surface area contributed by atoms with Gasteiger partial charge in [-0.15, -0.1) is 0 Å². The fourth-order valence-electron chi connectivity index (χ4n) is 8.36. The number of anilines is 1. The number of rotatable bonds is 13. The van der Waals surface area contributed by atoms with Crippen molar-refractivity contribution in [2.75, 3.05) is 68.9 Å². The lowest BCUT2D eigenvalue weighted by Gasteiger charge is -2.39. The monoisotopic (exact) mass is 759 g/mol. The summed E-state index contributed by atoms with van der Waals surface area (Å²) < 4.78 is 52.4. The maximum atomic E-state index is 6.14. The van der Waals surface area contributed by atoms with Gasteiger partial charge in [-0.05, 0) is 90.5 Å². The number of methoxy groups -OCH3 is 9. The normalized spacial score (nSPS) is 16.6. The maximum absolute atomic E-state index is 6.14. The van der Waals surface area contributed by atoms with Crippen LogP contribution < -0.4 is 47.5 Å². The summed E-state index contributed by atoms with van der Waals surface area (Å²) in [4.78, 5) is 2.45. The molecular formula is C46H49NO9. The number of para-hydroxylation sites is 1. The van der Waals surface area contributed by atoms with E-state index >= 15 is 0 Å². The first-order valence-corrected chi connectivity index (χ1v) is 18.5. The lowest BCUT2D eigenvalue weighted by atomic mass is 9.79. The first-order chi connectivity index (χ1) is 27.4. The highest BCUT2D eigenvalue weighted by atomic mass is 16.5. The van der Waals surface area contributed by atoms with Gasteiger partial charge in [0.2, 0.25) is 0 Å². The Balaban J connectivity index is 1.53. The van der Waals surface area contributed by atoms with Gasteiger partial charge in [0.15, 0.2) is 34.5 Å². The van der Waals surface area contributed by atoms with Crippen molar-refractivity contribution in [2.45, 2.75) is 31.6 Å². The Morgan fingerprint density at radius 3 is 1.21 bits per heavy atom. The highest BCUT2D eigenvalue weighted by Gasteiger charge is 2.44. The van der Waals surface area contributed by atoms with Crippen molar-refractivity contribution in [3.05, 3.63) is 117 Å². The first kappa shape index (κ1) is 38.1. The summed E-state index contributed by atoms with van der Waals surface area (Å²) in [6.07, 6.45) is 7.73. The Bertz CT molecular complexity index is 2150. The highest BCUT2D eigenvalue weighted by Crippen LogP contribution is 2.59. The minimum absolute atomic E-state index is 0.105. The van der Waals surface area contributed by atoms with Gasteiger partial charge in [-0.25, -0.2) is 0 Å². The number of hydrogen-bond acceptors (Lipinski definition) is 10. The Hall–Kier alpha value is -6.16. The second-order valence-corrected chi connectivity index (χ2v) is 13.5. The van der Waals surface area contributed by atoms with Gasteiger partial charge in [0.25, 0.3) is 0 Å². The van der Waals surface area contributed by atoms with Gasteiger partial charge in [-0.1, -0.05) is 18.2 Å². The average Bonchev–Trinajstić information content (AvgIpc) is 3.86. The molecule has 0 N–H and O–H groups in total. The predicted octanol–water partition coefficient (Wildman–Crippen LogP) is 9.63. The number of allylic oxidation sites excluding steroid dienone is 4. The van der Waals surface area contributed by atoms with Gasteiger partial charge in [-0.2, -0.15) is 0 Å². The van der Waals surface area contributed by atoms with Crippen molar-refractivity contribution in [1.29, 1.82) is 0 Å². The zero-order valence-electron chi connectivity index (χ0n) is 33.5.